The molecule has 1 atom stereocenters. The molecule has 0 aliphatic carbocycles. The molecule has 0 aliphatic rings. The Balaban J connectivity index is 2.34. The molecule has 2 N–H and O–H groups in total. The largest absolute Gasteiger partial charge is 0.391 e. The van der Waals surface area contributed by atoms with Gasteiger partial charge in [0.1, 0.15) is 12.2 Å². The molecule has 0 bridgehead atoms. The Morgan fingerprint density at radius 1 is 1.53 bits per heavy atom. The summed E-state index contributed by atoms with van der Waals surface area (Å²) in [5.41, 5.74) is 0. The van der Waals surface area contributed by atoms with Gasteiger partial charge in [0.25, 0.3) is 0 Å². The Hall–Kier alpha value is -0.980. The van der Waals surface area contributed by atoms with Gasteiger partial charge in [-0.05, 0) is 13.8 Å². The fraction of sp³-hybridized carbons (Fsp3) is 0.818. The number of hydrogen-bond acceptors (Lipinski definition) is 5. The van der Waals surface area contributed by atoms with E-state index in [2.05, 4.69) is 15.4 Å². The molecule has 1 heterocycles. The first-order valence-electron chi connectivity index (χ1n) is 5.91. The van der Waals surface area contributed by atoms with Gasteiger partial charge in [0, 0.05) is 32.7 Å². The quantitative estimate of drug-likeness (QED) is 0.628. The molecular weight excluding hydrogens is 220 g/mol. The molecule has 1 rings (SSSR count). The number of nitrogens with zero attached hydrogens (tertiary/aromatic N) is 3. The Bertz CT molecular complexity index is 314. The summed E-state index contributed by atoms with van der Waals surface area (Å²) in [7, 11) is 1.66. The molecule has 98 valence electrons. The number of aromatic nitrogens is 3. The van der Waals surface area contributed by atoms with Crippen LogP contribution < -0.4 is 5.32 Å². The first-order valence-corrected chi connectivity index (χ1v) is 5.91. The van der Waals surface area contributed by atoms with Crippen LogP contribution in [0.2, 0.25) is 0 Å². The number of hydrogen-bond donors (Lipinski definition) is 2. The second kappa shape index (κ2) is 7.37. The lowest BCUT2D eigenvalue weighted by Gasteiger charge is -2.13. The summed E-state index contributed by atoms with van der Waals surface area (Å²) in [5.74, 6) is 0.820. The summed E-state index contributed by atoms with van der Waals surface area (Å²) >= 11 is 0. The highest BCUT2D eigenvalue weighted by Gasteiger charge is 2.12. The van der Waals surface area contributed by atoms with E-state index in [1.165, 1.54) is 6.33 Å². The molecular formula is C11H22N4O2. The van der Waals surface area contributed by atoms with Crippen molar-refractivity contribution in [2.75, 3.05) is 26.8 Å². The van der Waals surface area contributed by atoms with Crippen LogP contribution in [0.3, 0.4) is 0 Å². The van der Waals surface area contributed by atoms with E-state index >= 15 is 0 Å². The molecule has 0 aliphatic heterocycles. The van der Waals surface area contributed by atoms with Crippen LogP contribution in [0, 0.1) is 0 Å². The fourth-order valence-electron chi connectivity index (χ4n) is 1.58. The van der Waals surface area contributed by atoms with Gasteiger partial charge in [-0.3, -0.25) is 0 Å². The van der Waals surface area contributed by atoms with E-state index in [-0.39, 0.29) is 6.04 Å². The molecule has 6 nitrogen and oxygen atoms in total. The molecule has 0 spiro atoms. The average molecular weight is 242 g/mol. The van der Waals surface area contributed by atoms with Gasteiger partial charge >= 0.3 is 0 Å². The van der Waals surface area contributed by atoms with Crippen molar-refractivity contribution in [1.82, 2.24) is 20.1 Å². The van der Waals surface area contributed by atoms with E-state index in [0.717, 1.165) is 12.4 Å². The maximum absolute atomic E-state index is 9.84. The van der Waals surface area contributed by atoms with Crippen LogP contribution in [-0.2, 0) is 11.2 Å². The van der Waals surface area contributed by atoms with Gasteiger partial charge in [0.2, 0.25) is 0 Å². The summed E-state index contributed by atoms with van der Waals surface area (Å²) in [5, 5.41) is 17.1. The lowest BCUT2D eigenvalue weighted by Crippen LogP contribution is -2.31. The Morgan fingerprint density at radius 3 is 2.94 bits per heavy atom. The zero-order valence-corrected chi connectivity index (χ0v) is 10.8. The molecule has 0 saturated carbocycles. The Labute approximate surface area is 102 Å². The number of nitrogens with one attached hydrogen (secondary N) is 1. The third-order valence-corrected chi connectivity index (χ3v) is 2.42. The van der Waals surface area contributed by atoms with Crippen molar-refractivity contribution in [2.24, 2.45) is 0 Å². The van der Waals surface area contributed by atoms with Crippen LogP contribution in [0.4, 0.5) is 0 Å². The van der Waals surface area contributed by atoms with Crippen molar-refractivity contribution in [3.05, 3.63) is 12.2 Å². The minimum atomic E-state index is -0.450. The monoisotopic (exact) mass is 242 g/mol. The van der Waals surface area contributed by atoms with Gasteiger partial charge in [-0.15, -0.1) is 0 Å². The molecule has 1 unspecified atom stereocenters. The van der Waals surface area contributed by atoms with Crippen molar-refractivity contribution in [3.63, 3.8) is 0 Å². The maximum Gasteiger partial charge on any atom is 0.138 e. The Morgan fingerprint density at radius 2 is 2.29 bits per heavy atom. The van der Waals surface area contributed by atoms with E-state index in [1.54, 1.807) is 7.11 Å². The van der Waals surface area contributed by atoms with Gasteiger partial charge in [-0.25, -0.2) is 9.67 Å². The summed E-state index contributed by atoms with van der Waals surface area (Å²) in [6, 6.07) is 0.265. The smallest absolute Gasteiger partial charge is 0.138 e. The SMILES string of the molecule is COCCNCC(O)Cc1ncnn1C(C)C. The van der Waals surface area contributed by atoms with Crippen LogP contribution in [0.25, 0.3) is 0 Å². The van der Waals surface area contributed by atoms with Gasteiger partial charge in [-0.2, -0.15) is 5.10 Å². The number of rotatable bonds is 8. The standard InChI is InChI=1S/C11H22N4O2/c1-9(2)15-11(13-8-14-15)6-10(16)7-12-4-5-17-3/h8-10,12,16H,4-7H2,1-3H3. The summed E-state index contributed by atoms with van der Waals surface area (Å²) < 4.78 is 6.74. The van der Waals surface area contributed by atoms with Gasteiger partial charge in [0.15, 0.2) is 0 Å². The van der Waals surface area contributed by atoms with E-state index in [9.17, 15) is 5.11 Å². The van der Waals surface area contributed by atoms with Gasteiger partial charge < -0.3 is 15.2 Å². The molecule has 0 amide bonds. The lowest BCUT2D eigenvalue weighted by atomic mass is 10.2. The van der Waals surface area contributed by atoms with Crippen LogP contribution in [0.1, 0.15) is 25.7 Å². The van der Waals surface area contributed by atoms with Crippen molar-refractivity contribution in [2.45, 2.75) is 32.4 Å². The van der Waals surface area contributed by atoms with E-state index in [4.69, 9.17) is 4.74 Å². The predicted octanol–water partition coefficient (Wildman–Crippen LogP) is -0.00160. The molecule has 0 radical (unpaired) electrons. The van der Waals surface area contributed by atoms with Crippen molar-refractivity contribution < 1.29 is 9.84 Å². The first-order chi connectivity index (χ1) is 8.15. The van der Waals surface area contributed by atoms with Crippen molar-refractivity contribution >= 4 is 0 Å². The summed E-state index contributed by atoms with van der Waals surface area (Å²) in [4.78, 5) is 4.16. The maximum atomic E-state index is 9.84. The van der Waals surface area contributed by atoms with Gasteiger partial charge in [0.05, 0.1) is 12.7 Å². The molecule has 6 heteroatoms. The highest BCUT2D eigenvalue weighted by atomic mass is 16.5. The lowest BCUT2D eigenvalue weighted by molar-refractivity contribution is 0.156. The number of aliphatic hydroxyl groups is 1. The van der Waals surface area contributed by atoms with Crippen LogP contribution in [-0.4, -0.2) is 52.8 Å². The number of methoxy groups -OCH3 is 1. The molecule has 0 fully saturated rings. The second-order valence-electron chi connectivity index (χ2n) is 4.27. The van der Waals surface area contributed by atoms with Crippen LogP contribution in [0.15, 0.2) is 6.33 Å². The van der Waals surface area contributed by atoms with Crippen molar-refractivity contribution in [1.29, 1.82) is 0 Å². The minimum absolute atomic E-state index is 0.265. The summed E-state index contributed by atoms with van der Waals surface area (Å²) in [6.07, 6.45) is 1.59. The normalized spacial score (nSPS) is 13.2. The molecule has 1 aromatic rings. The second-order valence-corrected chi connectivity index (χ2v) is 4.27. The fourth-order valence-corrected chi connectivity index (χ4v) is 1.58. The van der Waals surface area contributed by atoms with E-state index in [1.807, 2.05) is 18.5 Å². The van der Waals surface area contributed by atoms with Crippen molar-refractivity contribution in [3.8, 4) is 0 Å². The molecule has 17 heavy (non-hydrogen) atoms. The molecule has 1 aromatic heterocycles. The highest BCUT2D eigenvalue weighted by Crippen LogP contribution is 2.07. The Kier molecular flexibility index (Phi) is 6.10. The molecule has 0 aromatic carbocycles. The van der Waals surface area contributed by atoms with Gasteiger partial charge in [-0.1, -0.05) is 0 Å². The number of aliphatic hydroxyl groups excluding tert-OH is 1. The predicted molar refractivity (Wildman–Crippen MR) is 64.9 cm³/mol. The highest BCUT2D eigenvalue weighted by molar-refractivity contribution is 4.89. The average Bonchev–Trinajstić information content (AvgIpc) is 2.72. The number of ether oxygens (including phenoxy) is 1. The molecule has 0 saturated heterocycles. The zero-order chi connectivity index (χ0) is 12.7. The van der Waals surface area contributed by atoms with Crippen LogP contribution >= 0.6 is 0 Å². The van der Waals surface area contributed by atoms with E-state index < -0.39 is 6.10 Å². The summed E-state index contributed by atoms with van der Waals surface area (Å²) in [6.45, 7) is 6.01. The zero-order valence-electron chi connectivity index (χ0n) is 10.8. The third-order valence-electron chi connectivity index (χ3n) is 2.42. The first kappa shape index (κ1) is 14.1. The topological polar surface area (TPSA) is 72.2 Å². The third kappa shape index (κ3) is 4.80. The van der Waals surface area contributed by atoms with E-state index in [0.29, 0.717) is 19.6 Å². The van der Waals surface area contributed by atoms with Crippen LogP contribution in [0.5, 0.6) is 0 Å². The minimum Gasteiger partial charge on any atom is -0.391 e.